The summed E-state index contributed by atoms with van der Waals surface area (Å²) in [5.74, 6) is 0. The molecular weight excluding hydrogens is 548 g/mol. The van der Waals surface area contributed by atoms with Gasteiger partial charge in [-0.2, -0.15) is 0 Å². The second-order valence-electron chi connectivity index (χ2n) is 11.7. The molecule has 0 unspecified atom stereocenters. The maximum absolute atomic E-state index is 4.90. The Morgan fingerprint density at radius 1 is 0.533 bits per heavy atom. The second-order valence-corrected chi connectivity index (χ2v) is 11.7. The molecular formula is C41H28N4. The smallest absolute Gasteiger partial charge is 0.0844 e. The first-order valence-corrected chi connectivity index (χ1v) is 15.4. The molecule has 0 bridgehead atoms. The topological polar surface area (TPSA) is 43.1 Å². The van der Waals surface area contributed by atoms with Gasteiger partial charge in [-0.25, -0.2) is 0 Å². The fraction of sp³-hybridized carbons (Fsp3) is 0.0488. The van der Waals surface area contributed by atoms with Crippen LogP contribution in [0.5, 0.6) is 0 Å². The van der Waals surface area contributed by atoms with Gasteiger partial charge in [0.15, 0.2) is 0 Å². The summed E-state index contributed by atoms with van der Waals surface area (Å²) in [5.41, 5.74) is 10.2. The average Bonchev–Trinajstić information content (AvgIpc) is 3.46. The number of hydrogen-bond donors (Lipinski definition) is 0. The van der Waals surface area contributed by atoms with Crippen LogP contribution in [0.1, 0.15) is 24.1 Å². The third-order valence-electron chi connectivity index (χ3n) is 9.09. The molecule has 3 aromatic heterocycles. The minimum atomic E-state index is 0.854. The maximum atomic E-state index is 4.90. The van der Waals surface area contributed by atoms with Gasteiger partial charge in [-0.1, -0.05) is 84.9 Å². The molecule has 4 nitrogen and oxygen atoms in total. The van der Waals surface area contributed by atoms with Gasteiger partial charge < -0.3 is 4.57 Å². The van der Waals surface area contributed by atoms with Crippen molar-refractivity contribution in [3.8, 4) is 16.8 Å². The molecule has 4 heteroatoms. The van der Waals surface area contributed by atoms with Crippen LogP contribution in [-0.4, -0.2) is 20.2 Å². The Morgan fingerprint density at radius 3 is 2.24 bits per heavy atom. The van der Waals surface area contributed by atoms with Gasteiger partial charge in [0.2, 0.25) is 0 Å². The summed E-state index contributed by atoms with van der Waals surface area (Å²) in [6, 6.07) is 43.3. The number of benzene rings is 5. The number of rotatable bonds is 4. The van der Waals surface area contributed by atoms with Gasteiger partial charge in [-0.3, -0.25) is 15.0 Å². The number of pyridine rings is 2. The van der Waals surface area contributed by atoms with Crippen LogP contribution >= 0.6 is 0 Å². The molecule has 212 valence electrons. The predicted octanol–water partition coefficient (Wildman–Crippen LogP) is 10.2. The molecule has 8 aromatic rings. The molecule has 4 heterocycles. The van der Waals surface area contributed by atoms with E-state index in [2.05, 4.69) is 131 Å². The summed E-state index contributed by atoms with van der Waals surface area (Å²) in [4.78, 5) is 14.1. The Bertz CT molecular complexity index is 2430. The van der Waals surface area contributed by atoms with Gasteiger partial charge in [0.05, 0.1) is 22.4 Å². The average molecular weight is 577 g/mol. The monoisotopic (exact) mass is 576 g/mol. The Hall–Kier alpha value is -5.87. The van der Waals surface area contributed by atoms with E-state index in [0.717, 1.165) is 46.4 Å². The number of aromatic nitrogens is 3. The van der Waals surface area contributed by atoms with Crippen molar-refractivity contribution in [2.45, 2.75) is 12.8 Å². The van der Waals surface area contributed by atoms with Crippen LogP contribution in [0.25, 0.3) is 65.7 Å². The van der Waals surface area contributed by atoms with Crippen LogP contribution in [0, 0.1) is 0 Å². The van der Waals surface area contributed by atoms with Crippen molar-refractivity contribution in [1.82, 2.24) is 14.5 Å². The molecule has 0 amide bonds. The lowest BCUT2D eigenvalue weighted by Crippen LogP contribution is -2.07. The third kappa shape index (κ3) is 4.34. The number of para-hydroxylation sites is 1. The first-order valence-electron chi connectivity index (χ1n) is 15.4. The molecule has 0 spiro atoms. The summed E-state index contributed by atoms with van der Waals surface area (Å²) >= 11 is 0. The molecule has 5 aromatic carbocycles. The first kappa shape index (κ1) is 25.6. The minimum absolute atomic E-state index is 0.854. The van der Waals surface area contributed by atoms with Gasteiger partial charge in [0, 0.05) is 46.8 Å². The lowest BCUT2D eigenvalue weighted by molar-refractivity contribution is 1.06. The normalized spacial score (nSPS) is 13.4. The van der Waals surface area contributed by atoms with E-state index < -0.39 is 0 Å². The number of nitrogens with zero attached hydrogens (tertiary/aromatic N) is 4. The lowest BCUT2D eigenvalue weighted by atomic mass is 9.96. The Kier molecular flexibility index (Phi) is 5.91. The van der Waals surface area contributed by atoms with Crippen LogP contribution in [0.3, 0.4) is 0 Å². The predicted molar refractivity (Wildman–Crippen MR) is 187 cm³/mol. The summed E-state index contributed by atoms with van der Waals surface area (Å²) < 4.78 is 2.33. The third-order valence-corrected chi connectivity index (χ3v) is 9.09. The molecule has 0 fully saturated rings. The standard InChI is InChI=1S/C41H28N4/c1-2-9-34-27(6-1)12-13-30-22-29(14-17-35(30)34)32-16-19-39(44-25-32)38-18-15-31(24-43-38)28-7-5-8-33(23-28)45-40-11-4-3-10-36(40)37-26-42-21-20-41(37)45/h1-14,16-17,19-26H,15,18H2. The molecule has 0 saturated heterocycles. The summed E-state index contributed by atoms with van der Waals surface area (Å²) in [5, 5.41) is 7.45. The largest absolute Gasteiger partial charge is 0.309 e. The van der Waals surface area contributed by atoms with Crippen molar-refractivity contribution in [1.29, 1.82) is 0 Å². The van der Waals surface area contributed by atoms with Gasteiger partial charge >= 0.3 is 0 Å². The van der Waals surface area contributed by atoms with Crippen molar-refractivity contribution in [2.24, 2.45) is 4.99 Å². The fourth-order valence-corrected chi connectivity index (χ4v) is 6.82. The van der Waals surface area contributed by atoms with Crippen LogP contribution in [-0.2, 0) is 0 Å². The zero-order chi connectivity index (χ0) is 29.7. The molecule has 0 aliphatic carbocycles. The first-order chi connectivity index (χ1) is 22.3. The molecule has 1 aliphatic rings. The van der Waals surface area contributed by atoms with Crippen molar-refractivity contribution in [2.75, 3.05) is 0 Å². The zero-order valence-corrected chi connectivity index (χ0v) is 24.6. The Morgan fingerprint density at radius 2 is 1.36 bits per heavy atom. The molecule has 0 atom stereocenters. The molecule has 0 saturated carbocycles. The molecule has 1 aliphatic heterocycles. The van der Waals surface area contributed by atoms with Crippen LogP contribution < -0.4 is 0 Å². The fourth-order valence-electron chi connectivity index (χ4n) is 6.82. The lowest BCUT2D eigenvalue weighted by Gasteiger charge is -2.16. The van der Waals surface area contributed by atoms with E-state index in [1.54, 1.807) is 0 Å². The number of hydrogen-bond acceptors (Lipinski definition) is 3. The van der Waals surface area contributed by atoms with Crippen molar-refractivity contribution in [3.05, 3.63) is 157 Å². The van der Waals surface area contributed by atoms with E-state index >= 15 is 0 Å². The summed E-state index contributed by atoms with van der Waals surface area (Å²) in [6.45, 7) is 0. The Labute approximate surface area is 260 Å². The van der Waals surface area contributed by atoms with Gasteiger partial charge in [-0.05, 0) is 87.5 Å². The second kappa shape index (κ2) is 10.4. The molecule has 9 rings (SSSR count). The van der Waals surface area contributed by atoms with E-state index in [4.69, 9.17) is 9.98 Å². The van der Waals surface area contributed by atoms with Gasteiger partial charge in [0.1, 0.15) is 0 Å². The van der Waals surface area contributed by atoms with Crippen molar-refractivity contribution in [3.63, 3.8) is 0 Å². The highest BCUT2D eigenvalue weighted by Gasteiger charge is 2.16. The van der Waals surface area contributed by atoms with Crippen LogP contribution in [0.4, 0.5) is 0 Å². The highest BCUT2D eigenvalue weighted by molar-refractivity contribution is 6.09. The van der Waals surface area contributed by atoms with Crippen LogP contribution in [0.2, 0.25) is 0 Å². The molecule has 0 radical (unpaired) electrons. The number of fused-ring (bicyclic) bond motifs is 6. The SMILES string of the molecule is C1=C(c2cccc(-n3c4ccccc4c4cnccc43)c2)CCC(c2ccc(-c3ccc4c(ccc5ccccc54)c3)cn2)=N1. The summed E-state index contributed by atoms with van der Waals surface area (Å²) in [7, 11) is 0. The molecule has 0 N–H and O–H groups in total. The maximum Gasteiger partial charge on any atom is 0.0844 e. The number of allylic oxidation sites excluding steroid dienone is 1. The van der Waals surface area contributed by atoms with E-state index in [1.165, 1.54) is 49.1 Å². The van der Waals surface area contributed by atoms with Gasteiger partial charge in [0.25, 0.3) is 0 Å². The zero-order valence-electron chi connectivity index (χ0n) is 24.6. The minimum Gasteiger partial charge on any atom is -0.309 e. The van der Waals surface area contributed by atoms with E-state index in [0.29, 0.717) is 0 Å². The van der Waals surface area contributed by atoms with Crippen molar-refractivity contribution >= 4 is 54.6 Å². The van der Waals surface area contributed by atoms with E-state index in [9.17, 15) is 0 Å². The Balaban J connectivity index is 1.00. The van der Waals surface area contributed by atoms with E-state index in [-0.39, 0.29) is 0 Å². The van der Waals surface area contributed by atoms with Gasteiger partial charge in [-0.15, -0.1) is 0 Å². The number of aliphatic imine (C=N–C) groups is 1. The highest BCUT2D eigenvalue weighted by Crippen LogP contribution is 2.34. The van der Waals surface area contributed by atoms with E-state index in [1.807, 2.05) is 24.8 Å². The molecule has 45 heavy (non-hydrogen) atoms. The van der Waals surface area contributed by atoms with Crippen LogP contribution in [0.15, 0.2) is 151 Å². The van der Waals surface area contributed by atoms with Crippen molar-refractivity contribution < 1.29 is 0 Å². The summed E-state index contributed by atoms with van der Waals surface area (Å²) in [6.07, 6.45) is 9.60. The quantitative estimate of drug-likeness (QED) is 0.196. The highest BCUT2D eigenvalue weighted by atomic mass is 15.0.